The molecule has 0 amide bonds. The summed E-state index contributed by atoms with van der Waals surface area (Å²) >= 11 is 0. The highest BCUT2D eigenvalue weighted by molar-refractivity contribution is 5.95. The smallest absolute Gasteiger partial charge is 0.173 e. The Morgan fingerprint density at radius 3 is 2.00 bits per heavy atom. The third kappa shape index (κ3) is 5.05. The predicted octanol–water partition coefficient (Wildman–Crippen LogP) is 3.60. The van der Waals surface area contributed by atoms with Crippen LogP contribution in [0, 0.1) is 0 Å². The minimum absolute atomic E-state index is 0.0271. The minimum Gasteiger partial charge on any atom is -0.409 e. The Balaban J connectivity index is 0.000000796. The van der Waals surface area contributed by atoms with Gasteiger partial charge in [0.15, 0.2) is 11.5 Å². The summed E-state index contributed by atoms with van der Waals surface area (Å²) in [6, 6.07) is 3.36. The van der Waals surface area contributed by atoms with E-state index in [1.807, 2.05) is 46.8 Å². The first-order valence-corrected chi connectivity index (χ1v) is 6.58. The zero-order chi connectivity index (χ0) is 15.9. The molecule has 0 aromatic heterocycles. The van der Waals surface area contributed by atoms with Gasteiger partial charge in [-0.15, -0.1) is 0 Å². The van der Waals surface area contributed by atoms with Crippen molar-refractivity contribution in [1.29, 1.82) is 0 Å². The number of rotatable bonds is 2. The first kappa shape index (κ1) is 18.2. The summed E-state index contributed by atoms with van der Waals surface area (Å²) < 4.78 is 0. The summed E-state index contributed by atoms with van der Waals surface area (Å²) in [7, 11) is 0. The number of nitrogens with two attached hydrogens (primary N) is 2. The molecule has 112 valence electrons. The molecule has 0 radical (unpaired) electrons. The molecule has 0 saturated carbocycles. The fraction of sp³-hybridized carbons (Fsp3) is 0.438. The fourth-order valence-corrected chi connectivity index (χ4v) is 1.54. The van der Waals surface area contributed by atoms with Crippen molar-refractivity contribution in [1.82, 2.24) is 0 Å². The van der Waals surface area contributed by atoms with Crippen molar-refractivity contribution in [3.8, 4) is 5.75 Å². The molecule has 0 fully saturated rings. The molecule has 0 aliphatic rings. The van der Waals surface area contributed by atoms with E-state index in [9.17, 15) is 4.79 Å². The number of ketones is 1. The van der Waals surface area contributed by atoms with Crippen LogP contribution >= 0.6 is 0 Å². The number of hydrogen-bond donors (Lipinski definition) is 2. The van der Waals surface area contributed by atoms with Gasteiger partial charge in [0.05, 0.1) is 5.69 Å². The van der Waals surface area contributed by atoms with Crippen LogP contribution in [-0.4, -0.2) is 5.78 Å². The second-order valence-corrected chi connectivity index (χ2v) is 5.53. The van der Waals surface area contributed by atoms with Gasteiger partial charge in [-0.1, -0.05) is 32.9 Å². The van der Waals surface area contributed by atoms with Crippen LogP contribution in [0.3, 0.4) is 0 Å². The second kappa shape index (κ2) is 7.70. The van der Waals surface area contributed by atoms with E-state index in [0.29, 0.717) is 17.0 Å². The quantitative estimate of drug-likeness (QED) is 0.375. The first-order chi connectivity index (χ1) is 9.18. The topological polar surface area (TPSA) is 78.3 Å². The third-order valence-corrected chi connectivity index (χ3v) is 2.78. The van der Waals surface area contributed by atoms with Crippen molar-refractivity contribution in [2.24, 2.45) is 5.90 Å². The molecule has 0 aliphatic heterocycles. The average Bonchev–Trinajstić information content (AvgIpc) is 2.36. The Bertz CT molecular complexity index is 482. The monoisotopic (exact) mass is 278 g/mol. The van der Waals surface area contributed by atoms with Crippen molar-refractivity contribution in [2.45, 2.75) is 47.0 Å². The number of hydrogen-bond acceptors (Lipinski definition) is 4. The van der Waals surface area contributed by atoms with Crippen LogP contribution in [-0.2, 0) is 5.41 Å². The molecule has 4 nitrogen and oxygen atoms in total. The number of Topliss-reactive ketones (excluding diaryl/α,β-unsaturated/α-hetero) is 1. The van der Waals surface area contributed by atoms with E-state index in [0.717, 1.165) is 5.56 Å². The van der Waals surface area contributed by atoms with E-state index < -0.39 is 0 Å². The van der Waals surface area contributed by atoms with Gasteiger partial charge >= 0.3 is 0 Å². The summed E-state index contributed by atoms with van der Waals surface area (Å²) in [6.45, 7) is 11.5. The van der Waals surface area contributed by atoms with Gasteiger partial charge in [-0.05, 0) is 38.3 Å². The maximum Gasteiger partial charge on any atom is 0.173 e. The SMILES string of the molecule is CC(=O)c1cc(N)c(ON)c(C(C)(C)C)c1.CC=CC. The van der Waals surface area contributed by atoms with Crippen LogP contribution in [0.25, 0.3) is 0 Å². The Hall–Kier alpha value is -1.81. The molecule has 0 saturated heterocycles. The van der Waals surface area contributed by atoms with Crippen LogP contribution in [0.5, 0.6) is 5.75 Å². The Morgan fingerprint density at radius 2 is 1.70 bits per heavy atom. The Kier molecular flexibility index (Phi) is 7.00. The molecule has 0 atom stereocenters. The molecule has 1 aromatic rings. The second-order valence-electron chi connectivity index (χ2n) is 5.53. The van der Waals surface area contributed by atoms with E-state index in [-0.39, 0.29) is 11.2 Å². The molecule has 0 bridgehead atoms. The Labute approximate surface area is 121 Å². The zero-order valence-electron chi connectivity index (χ0n) is 13.3. The summed E-state index contributed by atoms with van der Waals surface area (Å²) in [4.78, 5) is 16.1. The van der Waals surface area contributed by atoms with Gasteiger partial charge in [0.25, 0.3) is 0 Å². The van der Waals surface area contributed by atoms with Gasteiger partial charge in [-0.25, -0.2) is 0 Å². The van der Waals surface area contributed by atoms with Crippen molar-refractivity contribution in [3.05, 3.63) is 35.4 Å². The van der Waals surface area contributed by atoms with Gasteiger partial charge in [-0.3, -0.25) is 4.79 Å². The van der Waals surface area contributed by atoms with Crippen LogP contribution in [0.4, 0.5) is 5.69 Å². The largest absolute Gasteiger partial charge is 0.409 e. The summed E-state index contributed by atoms with van der Waals surface area (Å²) in [5, 5.41) is 0. The minimum atomic E-state index is -0.186. The first-order valence-electron chi connectivity index (χ1n) is 6.58. The number of anilines is 1. The lowest BCUT2D eigenvalue weighted by Gasteiger charge is -2.23. The number of allylic oxidation sites excluding steroid dienone is 2. The highest BCUT2D eigenvalue weighted by atomic mass is 16.6. The van der Waals surface area contributed by atoms with E-state index >= 15 is 0 Å². The van der Waals surface area contributed by atoms with Crippen molar-refractivity contribution >= 4 is 11.5 Å². The maximum atomic E-state index is 11.3. The lowest BCUT2D eigenvalue weighted by molar-refractivity contribution is 0.101. The van der Waals surface area contributed by atoms with Crippen molar-refractivity contribution < 1.29 is 9.63 Å². The standard InChI is InChI=1S/C12H18N2O2.C4H8/c1-7(15)8-5-9(12(2,3)4)11(16-14)10(13)6-8;1-3-4-2/h5-6H,13-14H2,1-4H3;3-4H,1-2H3. The summed E-state index contributed by atoms with van der Waals surface area (Å²) in [5.74, 6) is 5.62. The highest BCUT2D eigenvalue weighted by Crippen LogP contribution is 2.36. The highest BCUT2D eigenvalue weighted by Gasteiger charge is 2.22. The average molecular weight is 278 g/mol. The van der Waals surface area contributed by atoms with Crippen LogP contribution in [0.1, 0.15) is 57.5 Å². The van der Waals surface area contributed by atoms with E-state index in [2.05, 4.69) is 0 Å². The van der Waals surface area contributed by atoms with Crippen LogP contribution < -0.4 is 16.5 Å². The number of benzene rings is 1. The summed E-state index contributed by atoms with van der Waals surface area (Å²) in [6.07, 6.45) is 4.00. The lowest BCUT2D eigenvalue weighted by Crippen LogP contribution is -2.18. The molecular weight excluding hydrogens is 252 g/mol. The van der Waals surface area contributed by atoms with E-state index in [4.69, 9.17) is 16.5 Å². The maximum absolute atomic E-state index is 11.3. The molecule has 1 aromatic carbocycles. The zero-order valence-corrected chi connectivity index (χ0v) is 13.3. The summed E-state index contributed by atoms with van der Waals surface area (Å²) in [5.41, 5.74) is 7.42. The number of carbonyl (C=O) groups excluding carboxylic acids is 1. The molecule has 4 N–H and O–H groups in total. The van der Waals surface area contributed by atoms with Crippen LogP contribution in [0.15, 0.2) is 24.3 Å². The number of carbonyl (C=O) groups is 1. The molecule has 0 spiro atoms. The van der Waals surface area contributed by atoms with Crippen LogP contribution in [0.2, 0.25) is 0 Å². The van der Waals surface area contributed by atoms with Gasteiger partial charge in [-0.2, -0.15) is 5.90 Å². The van der Waals surface area contributed by atoms with Gasteiger partial charge in [0.2, 0.25) is 0 Å². The number of nitrogen functional groups attached to an aromatic ring is 1. The molecule has 0 aliphatic carbocycles. The Morgan fingerprint density at radius 1 is 1.20 bits per heavy atom. The molecule has 20 heavy (non-hydrogen) atoms. The van der Waals surface area contributed by atoms with Gasteiger partial charge in [0.1, 0.15) is 0 Å². The van der Waals surface area contributed by atoms with Gasteiger partial charge < -0.3 is 10.6 Å². The van der Waals surface area contributed by atoms with E-state index in [1.165, 1.54) is 6.92 Å². The molecule has 4 heteroatoms. The lowest BCUT2D eigenvalue weighted by atomic mass is 9.84. The van der Waals surface area contributed by atoms with E-state index in [1.54, 1.807) is 12.1 Å². The van der Waals surface area contributed by atoms with Crippen molar-refractivity contribution in [2.75, 3.05) is 5.73 Å². The molecule has 0 unspecified atom stereocenters. The molecular formula is C16H26N2O2. The van der Waals surface area contributed by atoms with Gasteiger partial charge in [0, 0.05) is 11.1 Å². The third-order valence-electron chi connectivity index (χ3n) is 2.78. The van der Waals surface area contributed by atoms with Crippen molar-refractivity contribution in [3.63, 3.8) is 0 Å². The molecule has 0 heterocycles. The fourth-order valence-electron chi connectivity index (χ4n) is 1.54. The predicted molar refractivity (Wildman–Crippen MR) is 84.9 cm³/mol. The normalized spacial score (nSPS) is 10.9. The molecule has 1 rings (SSSR count).